The first-order chi connectivity index (χ1) is 11.2. The fourth-order valence-electron chi connectivity index (χ4n) is 2.16. The van der Waals surface area contributed by atoms with Gasteiger partial charge in [-0.05, 0) is 36.8 Å². The minimum absolute atomic E-state index is 0.164. The Bertz CT molecular complexity index is 656. The van der Waals surface area contributed by atoms with Crippen molar-refractivity contribution in [3.8, 4) is 0 Å². The molecule has 0 saturated carbocycles. The molecule has 2 aromatic rings. The maximum absolute atomic E-state index is 12.3. The van der Waals surface area contributed by atoms with Crippen LogP contribution in [0, 0.1) is 0 Å². The number of nitrogens with zero attached hydrogens (tertiary/aromatic N) is 1. The zero-order valence-electron chi connectivity index (χ0n) is 13.0. The molecule has 0 atom stereocenters. The van der Waals surface area contributed by atoms with Gasteiger partial charge in [-0.3, -0.25) is 15.1 Å². The van der Waals surface area contributed by atoms with Crippen molar-refractivity contribution in [2.75, 3.05) is 11.4 Å². The Morgan fingerprint density at radius 2 is 1.70 bits per heavy atom. The second-order valence-corrected chi connectivity index (χ2v) is 4.93. The highest BCUT2D eigenvalue weighted by Gasteiger charge is 2.15. The Morgan fingerprint density at radius 3 is 2.26 bits per heavy atom. The van der Waals surface area contributed by atoms with Crippen LogP contribution in [-0.4, -0.2) is 18.5 Å². The van der Waals surface area contributed by atoms with Gasteiger partial charge in [0.25, 0.3) is 5.91 Å². The zero-order valence-corrected chi connectivity index (χ0v) is 13.0. The van der Waals surface area contributed by atoms with Gasteiger partial charge in [0.1, 0.15) is 0 Å². The largest absolute Gasteiger partial charge is 0.338 e. The van der Waals surface area contributed by atoms with Crippen molar-refractivity contribution in [3.05, 3.63) is 65.7 Å². The van der Waals surface area contributed by atoms with Gasteiger partial charge in [-0.2, -0.15) is 0 Å². The van der Waals surface area contributed by atoms with E-state index in [0.717, 1.165) is 11.3 Å². The number of benzene rings is 2. The molecule has 6 nitrogen and oxygen atoms in total. The number of nitrogens with one attached hydrogen (secondary N) is 2. The molecule has 0 aromatic heterocycles. The molecule has 2 rings (SSSR count). The molecule has 0 spiro atoms. The molecule has 23 heavy (non-hydrogen) atoms. The molecule has 0 aliphatic carbocycles. The third-order valence-electron chi connectivity index (χ3n) is 3.33. The predicted molar refractivity (Wildman–Crippen MR) is 89.8 cm³/mol. The van der Waals surface area contributed by atoms with E-state index in [1.165, 1.54) is 0 Å². The van der Waals surface area contributed by atoms with Gasteiger partial charge >= 0.3 is 6.03 Å². The number of nitrogen functional groups attached to an aromatic ring is 1. The Hall–Kier alpha value is -2.86. The number of hydrogen-bond acceptors (Lipinski definition) is 3. The summed E-state index contributed by atoms with van der Waals surface area (Å²) in [6.45, 7) is 2.83. The average Bonchev–Trinajstić information content (AvgIpc) is 2.60. The van der Waals surface area contributed by atoms with Gasteiger partial charge in [0, 0.05) is 17.8 Å². The number of nitrogens with two attached hydrogens (primary N) is 1. The number of carbonyl (C=O) groups is 2. The first kappa shape index (κ1) is 16.5. The summed E-state index contributed by atoms with van der Waals surface area (Å²) in [6, 6.07) is 16.2. The summed E-state index contributed by atoms with van der Waals surface area (Å²) in [5.41, 5.74) is 4.28. The van der Waals surface area contributed by atoms with Gasteiger partial charge in [-0.15, -0.1) is 0 Å². The van der Waals surface area contributed by atoms with Crippen LogP contribution in [0.1, 0.15) is 22.8 Å². The van der Waals surface area contributed by atoms with Crippen LogP contribution in [0.4, 0.5) is 10.5 Å². The highest BCUT2D eigenvalue weighted by molar-refractivity contribution is 5.94. The number of amides is 3. The van der Waals surface area contributed by atoms with E-state index < -0.39 is 0 Å². The molecule has 0 heterocycles. The van der Waals surface area contributed by atoms with Crippen LogP contribution in [0.3, 0.4) is 0 Å². The Kier molecular flexibility index (Phi) is 5.71. The van der Waals surface area contributed by atoms with E-state index in [0.29, 0.717) is 18.7 Å². The molecular weight excluding hydrogens is 292 g/mol. The number of hydrazine groups is 1. The summed E-state index contributed by atoms with van der Waals surface area (Å²) >= 11 is 0. The SMILES string of the molecule is CCNC(=O)N(Cc1ccc(C(=O)NN)cc1)c1ccccc1. The fourth-order valence-corrected chi connectivity index (χ4v) is 2.16. The molecule has 0 aliphatic rings. The van der Waals surface area contributed by atoms with Crippen LogP contribution in [-0.2, 0) is 6.54 Å². The molecule has 3 amide bonds. The second-order valence-electron chi connectivity index (χ2n) is 4.93. The van der Waals surface area contributed by atoms with E-state index in [4.69, 9.17) is 5.84 Å². The minimum atomic E-state index is -0.347. The molecule has 2 aromatic carbocycles. The monoisotopic (exact) mass is 312 g/mol. The van der Waals surface area contributed by atoms with Crippen molar-refractivity contribution in [1.82, 2.24) is 10.7 Å². The maximum Gasteiger partial charge on any atom is 0.322 e. The summed E-state index contributed by atoms with van der Waals surface area (Å²) in [6.07, 6.45) is 0. The van der Waals surface area contributed by atoms with E-state index in [2.05, 4.69) is 10.7 Å². The summed E-state index contributed by atoms with van der Waals surface area (Å²) in [4.78, 5) is 25.4. The van der Waals surface area contributed by atoms with Gasteiger partial charge < -0.3 is 5.32 Å². The molecule has 0 saturated heterocycles. The average molecular weight is 312 g/mol. The number of para-hydroxylation sites is 1. The molecule has 6 heteroatoms. The summed E-state index contributed by atoms with van der Waals surface area (Å²) in [5.74, 6) is 4.76. The lowest BCUT2D eigenvalue weighted by atomic mass is 10.1. The van der Waals surface area contributed by atoms with E-state index in [9.17, 15) is 9.59 Å². The lowest BCUT2D eigenvalue weighted by molar-refractivity contribution is 0.0953. The highest BCUT2D eigenvalue weighted by atomic mass is 16.2. The van der Waals surface area contributed by atoms with E-state index in [1.54, 1.807) is 29.2 Å². The van der Waals surface area contributed by atoms with Crippen molar-refractivity contribution in [2.24, 2.45) is 5.84 Å². The van der Waals surface area contributed by atoms with E-state index >= 15 is 0 Å². The molecule has 0 aliphatic heterocycles. The van der Waals surface area contributed by atoms with Gasteiger partial charge in [0.2, 0.25) is 0 Å². The molecule has 0 fully saturated rings. The lowest BCUT2D eigenvalue weighted by Gasteiger charge is -2.23. The number of carbonyl (C=O) groups excluding carboxylic acids is 2. The Balaban J connectivity index is 2.20. The van der Waals surface area contributed by atoms with E-state index in [1.807, 2.05) is 37.3 Å². The van der Waals surface area contributed by atoms with Crippen molar-refractivity contribution in [3.63, 3.8) is 0 Å². The molecule has 0 bridgehead atoms. The maximum atomic E-state index is 12.3. The van der Waals surface area contributed by atoms with Gasteiger partial charge in [-0.25, -0.2) is 10.6 Å². The predicted octanol–water partition coefficient (Wildman–Crippen LogP) is 2.03. The zero-order chi connectivity index (χ0) is 16.7. The quantitative estimate of drug-likeness (QED) is 0.448. The lowest BCUT2D eigenvalue weighted by Crippen LogP contribution is -2.39. The summed E-state index contributed by atoms with van der Waals surface area (Å²) in [7, 11) is 0. The van der Waals surface area contributed by atoms with Crippen molar-refractivity contribution < 1.29 is 9.59 Å². The highest BCUT2D eigenvalue weighted by Crippen LogP contribution is 2.17. The minimum Gasteiger partial charge on any atom is -0.338 e. The summed E-state index contributed by atoms with van der Waals surface area (Å²) < 4.78 is 0. The fraction of sp³-hybridized carbons (Fsp3) is 0.176. The standard InChI is InChI=1S/C17H20N4O2/c1-2-19-17(23)21(15-6-4-3-5-7-15)12-13-8-10-14(11-9-13)16(22)20-18/h3-11H,2,12,18H2,1H3,(H,19,23)(H,20,22). The number of urea groups is 1. The topological polar surface area (TPSA) is 87.5 Å². The first-order valence-electron chi connectivity index (χ1n) is 7.36. The molecule has 120 valence electrons. The van der Waals surface area contributed by atoms with Crippen LogP contribution in [0.5, 0.6) is 0 Å². The van der Waals surface area contributed by atoms with Crippen LogP contribution in [0.15, 0.2) is 54.6 Å². The third kappa shape index (κ3) is 4.31. The Morgan fingerprint density at radius 1 is 1.04 bits per heavy atom. The van der Waals surface area contributed by atoms with Crippen molar-refractivity contribution in [2.45, 2.75) is 13.5 Å². The third-order valence-corrected chi connectivity index (χ3v) is 3.33. The van der Waals surface area contributed by atoms with E-state index in [-0.39, 0.29) is 11.9 Å². The van der Waals surface area contributed by atoms with Crippen molar-refractivity contribution in [1.29, 1.82) is 0 Å². The molecule has 4 N–H and O–H groups in total. The van der Waals surface area contributed by atoms with Crippen LogP contribution >= 0.6 is 0 Å². The molecule has 0 unspecified atom stereocenters. The van der Waals surface area contributed by atoms with Gasteiger partial charge in [0.15, 0.2) is 0 Å². The Labute approximate surface area is 135 Å². The first-order valence-corrected chi connectivity index (χ1v) is 7.36. The normalized spacial score (nSPS) is 10.0. The molecule has 0 radical (unpaired) electrons. The molecular formula is C17H20N4O2. The van der Waals surface area contributed by atoms with Gasteiger partial charge in [0.05, 0.1) is 6.54 Å². The van der Waals surface area contributed by atoms with Crippen LogP contribution in [0.25, 0.3) is 0 Å². The van der Waals surface area contributed by atoms with Crippen LogP contribution < -0.4 is 21.5 Å². The van der Waals surface area contributed by atoms with Crippen LogP contribution in [0.2, 0.25) is 0 Å². The number of anilines is 1. The van der Waals surface area contributed by atoms with Crippen molar-refractivity contribution >= 4 is 17.6 Å². The number of rotatable bonds is 5. The smallest absolute Gasteiger partial charge is 0.322 e. The number of hydrogen-bond donors (Lipinski definition) is 3. The van der Waals surface area contributed by atoms with Gasteiger partial charge in [-0.1, -0.05) is 30.3 Å². The summed E-state index contributed by atoms with van der Waals surface area (Å²) in [5, 5.41) is 2.81. The second kappa shape index (κ2) is 7.95.